The molecule has 2 atom stereocenters. The van der Waals surface area contributed by atoms with Crippen molar-refractivity contribution in [3.8, 4) is 0 Å². The third-order valence-electron chi connectivity index (χ3n) is 5.28. The van der Waals surface area contributed by atoms with E-state index in [0.29, 0.717) is 16.8 Å². The minimum absolute atomic E-state index is 0.0313. The number of benzene rings is 1. The van der Waals surface area contributed by atoms with E-state index in [9.17, 15) is 17.6 Å². The van der Waals surface area contributed by atoms with Gasteiger partial charge in [-0.15, -0.1) is 0 Å². The predicted molar refractivity (Wildman–Crippen MR) is 109 cm³/mol. The molecule has 160 valence electrons. The Labute approximate surface area is 174 Å². The van der Waals surface area contributed by atoms with Crippen LogP contribution < -0.4 is 5.32 Å². The maximum absolute atomic E-state index is 13.8. The standard InChI is InChI=1S/C20H23FN4O4S/c1-14-7-15(9-16(21)8-14)11-25-18-12-24(13-19(18)29-5-6-30(25,27)28)20(26)23-17-3-2-4-22-10-17/h2-4,7-10,18-19H,5-6,11-13H2,1H3,(H,23,26)/t18-,19+/m1/s1. The molecule has 2 aromatic rings. The van der Waals surface area contributed by atoms with E-state index in [2.05, 4.69) is 10.3 Å². The van der Waals surface area contributed by atoms with Crippen molar-refractivity contribution < 1.29 is 22.3 Å². The molecule has 2 amide bonds. The van der Waals surface area contributed by atoms with Crippen molar-refractivity contribution in [3.63, 3.8) is 0 Å². The van der Waals surface area contributed by atoms with Crippen molar-refractivity contribution in [3.05, 3.63) is 59.7 Å². The number of aromatic nitrogens is 1. The van der Waals surface area contributed by atoms with Crippen molar-refractivity contribution in [2.45, 2.75) is 25.6 Å². The zero-order valence-electron chi connectivity index (χ0n) is 16.5. The molecule has 0 radical (unpaired) electrons. The molecule has 0 saturated carbocycles. The van der Waals surface area contributed by atoms with Gasteiger partial charge in [0.05, 0.1) is 42.9 Å². The average molecular weight is 434 g/mol. The molecule has 2 aliphatic heterocycles. The number of anilines is 1. The highest BCUT2D eigenvalue weighted by Crippen LogP contribution is 2.28. The second-order valence-electron chi connectivity index (χ2n) is 7.55. The number of carbonyl (C=O) groups is 1. The Balaban J connectivity index is 1.55. The molecular weight excluding hydrogens is 411 g/mol. The van der Waals surface area contributed by atoms with E-state index < -0.39 is 28.0 Å². The molecule has 2 saturated heterocycles. The Bertz CT molecular complexity index is 1010. The molecule has 1 aromatic heterocycles. The zero-order chi connectivity index (χ0) is 21.3. The number of carbonyl (C=O) groups excluding carboxylic acids is 1. The number of nitrogens with zero attached hydrogens (tertiary/aromatic N) is 3. The Morgan fingerprint density at radius 1 is 1.33 bits per heavy atom. The number of urea groups is 1. The fraction of sp³-hybridized carbons (Fsp3) is 0.400. The maximum atomic E-state index is 13.8. The molecule has 30 heavy (non-hydrogen) atoms. The summed E-state index contributed by atoms with van der Waals surface area (Å²) in [5.41, 5.74) is 1.83. The van der Waals surface area contributed by atoms with Crippen LogP contribution in [-0.2, 0) is 21.3 Å². The molecule has 0 bridgehead atoms. The maximum Gasteiger partial charge on any atom is 0.322 e. The van der Waals surface area contributed by atoms with Gasteiger partial charge in [-0.2, -0.15) is 4.31 Å². The van der Waals surface area contributed by atoms with E-state index in [0.717, 1.165) is 0 Å². The number of halogens is 1. The number of sulfonamides is 1. The van der Waals surface area contributed by atoms with Crippen LogP contribution in [-0.4, -0.2) is 66.2 Å². The number of ether oxygens (including phenoxy) is 1. The van der Waals surface area contributed by atoms with Crippen LogP contribution in [0.15, 0.2) is 42.7 Å². The highest BCUT2D eigenvalue weighted by atomic mass is 32.2. The van der Waals surface area contributed by atoms with Crippen molar-refractivity contribution in [1.82, 2.24) is 14.2 Å². The lowest BCUT2D eigenvalue weighted by Gasteiger charge is -2.28. The lowest BCUT2D eigenvalue weighted by atomic mass is 10.1. The van der Waals surface area contributed by atoms with E-state index >= 15 is 0 Å². The van der Waals surface area contributed by atoms with Gasteiger partial charge < -0.3 is 15.0 Å². The molecule has 0 spiro atoms. The van der Waals surface area contributed by atoms with E-state index in [1.165, 1.54) is 27.5 Å². The summed E-state index contributed by atoms with van der Waals surface area (Å²) in [4.78, 5) is 18.2. The summed E-state index contributed by atoms with van der Waals surface area (Å²) in [6.07, 6.45) is 2.69. The van der Waals surface area contributed by atoms with Gasteiger partial charge in [-0.1, -0.05) is 6.07 Å². The number of fused-ring (bicyclic) bond motifs is 1. The van der Waals surface area contributed by atoms with Crippen LogP contribution in [0.2, 0.25) is 0 Å². The van der Waals surface area contributed by atoms with E-state index in [4.69, 9.17) is 4.74 Å². The van der Waals surface area contributed by atoms with E-state index in [-0.39, 0.29) is 38.0 Å². The fourth-order valence-electron chi connectivity index (χ4n) is 3.93. The summed E-state index contributed by atoms with van der Waals surface area (Å²) in [5.74, 6) is -0.551. The monoisotopic (exact) mass is 434 g/mol. The topological polar surface area (TPSA) is 91.8 Å². The minimum Gasteiger partial charge on any atom is -0.374 e. The normalized spacial score (nSPS) is 23.6. The Morgan fingerprint density at radius 3 is 2.90 bits per heavy atom. The highest BCUT2D eigenvalue weighted by Gasteiger charge is 2.45. The zero-order valence-corrected chi connectivity index (χ0v) is 17.3. The van der Waals surface area contributed by atoms with Crippen LogP contribution in [0.25, 0.3) is 0 Å². The molecule has 8 nitrogen and oxygen atoms in total. The number of rotatable bonds is 3. The number of nitrogens with one attached hydrogen (secondary N) is 1. The number of aryl methyl sites for hydroxylation is 1. The van der Waals surface area contributed by atoms with Crippen molar-refractivity contribution >= 4 is 21.7 Å². The van der Waals surface area contributed by atoms with Gasteiger partial charge in [0.15, 0.2) is 0 Å². The lowest BCUT2D eigenvalue weighted by molar-refractivity contribution is 0.0472. The van der Waals surface area contributed by atoms with E-state index in [1.807, 2.05) is 0 Å². The highest BCUT2D eigenvalue weighted by molar-refractivity contribution is 7.89. The second-order valence-corrected chi connectivity index (χ2v) is 9.59. The lowest BCUT2D eigenvalue weighted by Crippen LogP contribution is -2.45. The number of hydrogen-bond acceptors (Lipinski definition) is 5. The number of likely N-dealkylation sites (tertiary alicyclic amines) is 1. The largest absolute Gasteiger partial charge is 0.374 e. The van der Waals surface area contributed by atoms with Gasteiger partial charge in [0, 0.05) is 19.3 Å². The first kappa shape index (κ1) is 20.7. The fourth-order valence-corrected chi connectivity index (χ4v) is 5.43. The van der Waals surface area contributed by atoms with Crippen LogP contribution >= 0.6 is 0 Å². The van der Waals surface area contributed by atoms with Crippen LogP contribution in [0.4, 0.5) is 14.9 Å². The second kappa shape index (κ2) is 8.29. The van der Waals surface area contributed by atoms with Gasteiger partial charge in [-0.3, -0.25) is 4.98 Å². The molecular formula is C20H23FN4O4S. The van der Waals surface area contributed by atoms with Gasteiger partial charge in [-0.05, 0) is 42.3 Å². The van der Waals surface area contributed by atoms with Gasteiger partial charge >= 0.3 is 6.03 Å². The Hall–Kier alpha value is -2.56. The SMILES string of the molecule is Cc1cc(F)cc(CN2[C@@H]3CN(C(=O)Nc4cccnc4)C[C@@H]3OCCS2(=O)=O)c1. The first-order chi connectivity index (χ1) is 14.3. The number of pyridine rings is 1. The molecule has 1 aromatic carbocycles. The molecule has 1 N–H and O–H groups in total. The van der Waals surface area contributed by atoms with Crippen molar-refractivity contribution in [2.75, 3.05) is 30.8 Å². The molecule has 2 aliphatic rings. The van der Waals surface area contributed by atoms with Crippen molar-refractivity contribution in [2.24, 2.45) is 0 Å². The summed E-state index contributed by atoms with van der Waals surface area (Å²) in [5, 5.41) is 2.76. The molecule has 2 fully saturated rings. The summed E-state index contributed by atoms with van der Waals surface area (Å²) in [7, 11) is -3.63. The van der Waals surface area contributed by atoms with E-state index in [1.54, 1.807) is 31.3 Å². The van der Waals surface area contributed by atoms with Gasteiger partial charge in [0.1, 0.15) is 5.82 Å². The van der Waals surface area contributed by atoms with Crippen LogP contribution in [0.1, 0.15) is 11.1 Å². The number of hydrogen-bond donors (Lipinski definition) is 1. The van der Waals surface area contributed by atoms with Crippen molar-refractivity contribution in [1.29, 1.82) is 0 Å². The average Bonchev–Trinajstić information content (AvgIpc) is 3.05. The van der Waals surface area contributed by atoms with Crippen LogP contribution in [0, 0.1) is 12.7 Å². The van der Waals surface area contributed by atoms with Crippen LogP contribution in [0.5, 0.6) is 0 Å². The quantitative estimate of drug-likeness (QED) is 0.798. The third-order valence-corrected chi connectivity index (χ3v) is 7.07. The molecule has 0 unspecified atom stereocenters. The Kier molecular flexibility index (Phi) is 5.72. The smallest absolute Gasteiger partial charge is 0.322 e. The summed E-state index contributed by atoms with van der Waals surface area (Å²) < 4.78 is 46.8. The molecule has 3 heterocycles. The molecule has 0 aliphatic carbocycles. The first-order valence-corrected chi connectivity index (χ1v) is 11.3. The number of amides is 2. The van der Waals surface area contributed by atoms with Gasteiger partial charge in [0.25, 0.3) is 0 Å². The van der Waals surface area contributed by atoms with Gasteiger partial charge in [-0.25, -0.2) is 17.6 Å². The predicted octanol–water partition coefficient (Wildman–Crippen LogP) is 1.98. The summed E-state index contributed by atoms with van der Waals surface area (Å²) in [6, 6.07) is 7.04. The Morgan fingerprint density at radius 2 is 2.17 bits per heavy atom. The minimum atomic E-state index is -3.63. The molecule has 10 heteroatoms. The van der Waals surface area contributed by atoms with Crippen LogP contribution in [0.3, 0.4) is 0 Å². The molecule has 4 rings (SSSR count). The third kappa shape index (κ3) is 4.45. The first-order valence-electron chi connectivity index (χ1n) is 9.65. The summed E-state index contributed by atoms with van der Waals surface area (Å²) >= 11 is 0. The summed E-state index contributed by atoms with van der Waals surface area (Å²) in [6.45, 7) is 2.30. The van der Waals surface area contributed by atoms with Gasteiger partial charge in [0.2, 0.25) is 10.0 Å².